The number of nitrogens with zero attached hydrogens (tertiary/aromatic N) is 1. The number of benzene rings is 2. The summed E-state index contributed by atoms with van der Waals surface area (Å²) in [6.45, 7) is 7.33. The van der Waals surface area contributed by atoms with E-state index >= 15 is 0 Å². The molecule has 0 bridgehead atoms. The Morgan fingerprint density at radius 1 is 1.12 bits per heavy atom. The van der Waals surface area contributed by atoms with E-state index < -0.39 is 0 Å². The summed E-state index contributed by atoms with van der Waals surface area (Å²) < 4.78 is 1.49. The number of nitrogens with one attached hydrogen (secondary N) is 3. The first-order chi connectivity index (χ1) is 12.5. The highest BCUT2D eigenvalue weighted by atomic mass is 16.1. The molecule has 0 saturated heterocycles. The molecule has 1 aromatic heterocycles. The molecule has 3 rings (SSSR count). The number of anilines is 2. The minimum Gasteiger partial charge on any atom is -0.361 e. The molecular formula is C20H20N4O2. The molecule has 132 valence electrons. The van der Waals surface area contributed by atoms with Crippen molar-refractivity contribution in [2.45, 2.75) is 13.8 Å². The fraction of sp³-hybridized carbons (Fsp3) is 0.100. The van der Waals surface area contributed by atoms with Gasteiger partial charge < -0.3 is 10.6 Å². The van der Waals surface area contributed by atoms with E-state index in [0.29, 0.717) is 16.3 Å². The van der Waals surface area contributed by atoms with Gasteiger partial charge in [-0.25, -0.2) is 4.68 Å². The number of rotatable bonds is 4. The number of carbonyl (C=O) groups is 1. The number of hydrogen-bond donors (Lipinski definition) is 3. The van der Waals surface area contributed by atoms with Crippen molar-refractivity contribution in [3.8, 4) is 5.69 Å². The fourth-order valence-electron chi connectivity index (χ4n) is 2.64. The van der Waals surface area contributed by atoms with Crippen LogP contribution in [0, 0.1) is 6.92 Å². The van der Waals surface area contributed by atoms with Gasteiger partial charge in [0.05, 0.1) is 16.3 Å². The monoisotopic (exact) mass is 348 g/mol. The lowest BCUT2D eigenvalue weighted by Gasteiger charge is -2.04. The van der Waals surface area contributed by atoms with Crippen LogP contribution in [0.15, 0.2) is 53.3 Å². The third-order valence-electron chi connectivity index (χ3n) is 3.95. The Hall–Kier alpha value is -3.54. The third kappa shape index (κ3) is 3.59. The molecule has 3 N–H and O–H groups in total. The minimum atomic E-state index is -0.174. The highest BCUT2D eigenvalue weighted by molar-refractivity contribution is 5.88. The summed E-state index contributed by atoms with van der Waals surface area (Å²) in [4.78, 5) is 23.8. The molecule has 0 saturated carbocycles. The second kappa shape index (κ2) is 7.14. The Morgan fingerprint density at radius 3 is 2.42 bits per heavy atom. The second-order valence-corrected chi connectivity index (χ2v) is 5.98. The van der Waals surface area contributed by atoms with Crippen LogP contribution in [0.25, 0.3) is 18.5 Å². The zero-order chi connectivity index (χ0) is 18.7. The molecule has 0 aliphatic heterocycles. The van der Waals surface area contributed by atoms with Crippen LogP contribution in [0.1, 0.15) is 12.5 Å². The van der Waals surface area contributed by atoms with Crippen molar-refractivity contribution in [1.29, 1.82) is 0 Å². The average Bonchev–Trinajstić information content (AvgIpc) is 2.88. The first-order valence-electron chi connectivity index (χ1n) is 8.16. The van der Waals surface area contributed by atoms with Gasteiger partial charge in [-0.2, -0.15) is 0 Å². The zero-order valence-corrected chi connectivity index (χ0v) is 14.7. The molecule has 0 aliphatic carbocycles. The summed E-state index contributed by atoms with van der Waals surface area (Å²) in [6, 6.07) is 14.8. The summed E-state index contributed by atoms with van der Waals surface area (Å²) in [5.74, 6) is -0.122. The Kier molecular flexibility index (Phi) is 4.75. The van der Waals surface area contributed by atoms with Gasteiger partial charge in [-0.1, -0.05) is 24.8 Å². The van der Waals surface area contributed by atoms with Crippen LogP contribution in [-0.2, 0) is 4.79 Å². The summed E-state index contributed by atoms with van der Waals surface area (Å²) in [7, 11) is 0. The van der Waals surface area contributed by atoms with Crippen LogP contribution >= 0.6 is 0 Å². The predicted molar refractivity (Wildman–Crippen MR) is 105 cm³/mol. The molecule has 26 heavy (non-hydrogen) atoms. The molecular weight excluding hydrogens is 328 g/mol. The van der Waals surface area contributed by atoms with Gasteiger partial charge in [0.15, 0.2) is 0 Å². The van der Waals surface area contributed by atoms with E-state index in [1.165, 1.54) is 11.6 Å². The van der Waals surface area contributed by atoms with Gasteiger partial charge in [-0.15, -0.1) is 0 Å². The second-order valence-electron chi connectivity index (χ2n) is 5.98. The molecule has 2 aromatic carbocycles. The van der Waals surface area contributed by atoms with Gasteiger partial charge in [0.2, 0.25) is 5.91 Å². The Labute approximate surface area is 150 Å². The maximum atomic E-state index is 12.7. The number of aryl methyl sites for hydroxylation is 1. The summed E-state index contributed by atoms with van der Waals surface area (Å²) >= 11 is 0. The topological polar surface area (TPSA) is 78.9 Å². The molecule has 0 radical (unpaired) electrons. The summed E-state index contributed by atoms with van der Waals surface area (Å²) in [5.41, 5.74) is 3.11. The quantitative estimate of drug-likeness (QED) is 0.671. The van der Waals surface area contributed by atoms with Crippen molar-refractivity contribution in [1.82, 2.24) is 9.78 Å². The van der Waals surface area contributed by atoms with E-state index in [9.17, 15) is 9.59 Å². The number of carbonyl (C=O) groups excluding carboxylic acids is 1. The molecule has 6 heteroatoms. The van der Waals surface area contributed by atoms with Gasteiger partial charge in [0.1, 0.15) is 0 Å². The molecule has 0 atom stereocenters. The summed E-state index contributed by atoms with van der Waals surface area (Å²) in [6.07, 6.45) is 1.63. The van der Waals surface area contributed by atoms with E-state index in [1.807, 2.05) is 43.3 Å². The number of aromatic nitrogens is 2. The zero-order valence-electron chi connectivity index (χ0n) is 14.7. The van der Waals surface area contributed by atoms with Crippen molar-refractivity contribution in [2.75, 3.05) is 10.6 Å². The Morgan fingerprint density at radius 2 is 1.77 bits per heavy atom. The molecule has 0 aliphatic rings. The first-order valence-corrected chi connectivity index (χ1v) is 8.16. The van der Waals surface area contributed by atoms with E-state index in [1.54, 1.807) is 18.3 Å². The maximum absolute atomic E-state index is 12.7. The smallest absolute Gasteiger partial charge is 0.280 e. The highest BCUT2D eigenvalue weighted by Crippen LogP contribution is 2.13. The average molecular weight is 348 g/mol. The van der Waals surface area contributed by atoms with Crippen LogP contribution in [0.4, 0.5) is 11.4 Å². The van der Waals surface area contributed by atoms with Crippen molar-refractivity contribution in [3.05, 3.63) is 75.0 Å². The van der Waals surface area contributed by atoms with Crippen LogP contribution in [0.3, 0.4) is 0 Å². The normalized spacial score (nSPS) is 11.4. The highest BCUT2D eigenvalue weighted by Gasteiger charge is 2.06. The van der Waals surface area contributed by atoms with E-state index in [4.69, 9.17) is 0 Å². The van der Waals surface area contributed by atoms with E-state index in [-0.39, 0.29) is 11.5 Å². The largest absolute Gasteiger partial charge is 0.361 e. The van der Waals surface area contributed by atoms with Crippen molar-refractivity contribution in [2.24, 2.45) is 0 Å². The Bertz CT molecular complexity index is 1110. The van der Waals surface area contributed by atoms with Crippen LogP contribution in [-0.4, -0.2) is 15.7 Å². The predicted octanol–water partition coefficient (Wildman–Crippen LogP) is 1.69. The Balaban J connectivity index is 1.91. The number of para-hydroxylation sites is 1. The van der Waals surface area contributed by atoms with E-state index in [0.717, 1.165) is 16.9 Å². The van der Waals surface area contributed by atoms with Crippen molar-refractivity contribution in [3.63, 3.8) is 0 Å². The van der Waals surface area contributed by atoms with Gasteiger partial charge in [0.25, 0.3) is 5.56 Å². The van der Waals surface area contributed by atoms with Gasteiger partial charge >= 0.3 is 0 Å². The molecule has 1 heterocycles. The van der Waals surface area contributed by atoms with Crippen molar-refractivity contribution < 1.29 is 4.79 Å². The number of hydrogen-bond acceptors (Lipinski definition) is 3. The molecule has 0 spiro atoms. The SMILES string of the molecule is C=c1[nH]n(-c2ccccc2C)c(=O)c1=CNc1ccc(NC(C)=O)cc1. The van der Waals surface area contributed by atoms with Gasteiger partial charge in [0, 0.05) is 24.5 Å². The number of amides is 1. The van der Waals surface area contributed by atoms with Gasteiger partial charge in [-0.3, -0.25) is 14.7 Å². The fourth-order valence-corrected chi connectivity index (χ4v) is 2.64. The van der Waals surface area contributed by atoms with Crippen LogP contribution in [0.2, 0.25) is 0 Å². The standard InChI is InChI=1S/C20H20N4O2/c1-13-6-4-5-7-19(13)24-20(26)18(14(2)23-24)12-21-16-8-10-17(11-9-16)22-15(3)25/h4-12,21,23H,2H2,1,3H3,(H,22,25). The lowest BCUT2D eigenvalue weighted by Crippen LogP contribution is -2.34. The van der Waals surface area contributed by atoms with Gasteiger partial charge in [-0.05, 0) is 42.8 Å². The van der Waals surface area contributed by atoms with Crippen molar-refractivity contribution >= 4 is 30.1 Å². The molecule has 0 unspecified atom stereocenters. The summed E-state index contributed by atoms with van der Waals surface area (Å²) in [5, 5.41) is 9.79. The molecule has 6 nitrogen and oxygen atoms in total. The first kappa shape index (κ1) is 17.3. The third-order valence-corrected chi connectivity index (χ3v) is 3.95. The van der Waals surface area contributed by atoms with Crippen LogP contribution in [0.5, 0.6) is 0 Å². The van der Waals surface area contributed by atoms with Crippen LogP contribution < -0.4 is 26.8 Å². The lowest BCUT2D eigenvalue weighted by molar-refractivity contribution is -0.114. The molecule has 1 amide bonds. The van der Waals surface area contributed by atoms with E-state index in [2.05, 4.69) is 22.3 Å². The molecule has 3 aromatic rings. The minimum absolute atomic E-state index is 0.122. The maximum Gasteiger partial charge on any atom is 0.280 e. The lowest BCUT2D eigenvalue weighted by atomic mass is 10.2. The molecule has 0 fully saturated rings. The number of aromatic amines is 1. The number of H-pyrrole nitrogens is 1.